The van der Waals surface area contributed by atoms with Crippen molar-refractivity contribution < 1.29 is 14.7 Å². The largest absolute Gasteiger partial charge is 0.478 e. The number of aromatic nitrogens is 1. The molecule has 1 N–H and O–H groups in total. The average molecular weight is 330 g/mol. The SMILES string of the molecule is CCN(C(=O)CSc1ncccc1C(=O)O)c1cccc(C)c1. The molecular formula is C17H18N2O3S. The van der Waals surface area contributed by atoms with E-state index in [9.17, 15) is 9.59 Å². The van der Waals surface area contributed by atoms with Crippen molar-refractivity contribution in [1.82, 2.24) is 4.98 Å². The van der Waals surface area contributed by atoms with Gasteiger partial charge < -0.3 is 10.0 Å². The lowest BCUT2D eigenvalue weighted by atomic mass is 10.2. The first-order valence-electron chi connectivity index (χ1n) is 7.21. The third-order valence-corrected chi connectivity index (χ3v) is 4.25. The molecule has 0 bridgehead atoms. The van der Waals surface area contributed by atoms with Crippen molar-refractivity contribution >= 4 is 29.3 Å². The lowest BCUT2D eigenvalue weighted by Crippen LogP contribution is -2.32. The predicted octanol–water partition coefficient (Wildman–Crippen LogP) is 3.23. The number of carbonyl (C=O) groups excluding carboxylic acids is 1. The van der Waals surface area contributed by atoms with E-state index < -0.39 is 5.97 Å². The van der Waals surface area contributed by atoms with E-state index in [2.05, 4.69) is 4.98 Å². The zero-order chi connectivity index (χ0) is 16.8. The molecule has 1 amide bonds. The summed E-state index contributed by atoms with van der Waals surface area (Å²) in [6, 6.07) is 10.8. The number of hydrogen-bond donors (Lipinski definition) is 1. The highest BCUT2D eigenvalue weighted by Gasteiger charge is 2.17. The number of pyridine rings is 1. The molecule has 0 saturated heterocycles. The molecule has 120 valence electrons. The number of amides is 1. The summed E-state index contributed by atoms with van der Waals surface area (Å²) in [5.41, 5.74) is 2.04. The van der Waals surface area contributed by atoms with Crippen molar-refractivity contribution in [3.05, 3.63) is 53.7 Å². The van der Waals surface area contributed by atoms with Gasteiger partial charge in [-0.2, -0.15) is 0 Å². The Kier molecular flexibility index (Phi) is 5.76. The first kappa shape index (κ1) is 17.0. The van der Waals surface area contributed by atoms with Gasteiger partial charge in [-0.3, -0.25) is 4.79 Å². The van der Waals surface area contributed by atoms with Gasteiger partial charge in [0.2, 0.25) is 5.91 Å². The molecule has 0 aliphatic rings. The minimum Gasteiger partial charge on any atom is -0.478 e. The normalized spacial score (nSPS) is 10.3. The second-order valence-corrected chi connectivity index (χ2v) is 5.89. The van der Waals surface area contributed by atoms with Gasteiger partial charge >= 0.3 is 5.97 Å². The zero-order valence-electron chi connectivity index (χ0n) is 13.0. The van der Waals surface area contributed by atoms with Gasteiger partial charge in [0.1, 0.15) is 5.03 Å². The van der Waals surface area contributed by atoms with Crippen molar-refractivity contribution in [2.75, 3.05) is 17.2 Å². The number of benzene rings is 1. The Morgan fingerprint density at radius 1 is 1.26 bits per heavy atom. The molecule has 1 heterocycles. The number of hydrogen-bond acceptors (Lipinski definition) is 4. The van der Waals surface area contributed by atoms with Crippen molar-refractivity contribution in [2.45, 2.75) is 18.9 Å². The minimum atomic E-state index is -1.04. The van der Waals surface area contributed by atoms with Crippen LogP contribution in [0.4, 0.5) is 5.69 Å². The van der Waals surface area contributed by atoms with Crippen LogP contribution in [0, 0.1) is 6.92 Å². The Bertz CT molecular complexity index is 718. The molecule has 2 rings (SSSR count). The lowest BCUT2D eigenvalue weighted by Gasteiger charge is -2.21. The maximum atomic E-state index is 12.5. The molecule has 23 heavy (non-hydrogen) atoms. The number of rotatable bonds is 6. The highest BCUT2D eigenvalue weighted by atomic mass is 32.2. The zero-order valence-corrected chi connectivity index (χ0v) is 13.8. The van der Waals surface area contributed by atoms with Crippen LogP contribution in [0.15, 0.2) is 47.6 Å². The number of nitrogens with zero attached hydrogens (tertiary/aromatic N) is 2. The molecule has 0 aliphatic carbocycles. The van der Waals surface area contributed by atoms with Crippen LogP contribution in [0.5, 0.6) is 0 Å². The van der Waals surface area contributed by atoms with Crippen LogP contribution in [-0.2, 0) is 4.79 Å². The predicted molar refractivity (Wildman–Crippen MR) is 91.1 cm³/mol. The molecule has 0 saturated carbocycles. The van der Waals surface area contributed by atoms with Crippen LogP contribution in [0.25, 0.3) is 0 Å². The van der Waals surface area contributed by atoms with Gasteiger partial charge in [0.15, 0.2) is 0 Å². The second-order valence-electron chi connectivity index (χ2n) is 4.93. The monoisotopic (exact) mass is 330 g/mol. The number of carboxylic acids is 1. The van der Waals surface area contributed by atoms with Crippen LogP contribution >= 0.6 is 11.8 Å². The summed E-state index contributed by atoms with van der Waals surface area (Å²) < 4.78 is 0. The third kappa shape index (κ3) is 4.32. The van der Waals surface area contributed by atoms with Crippen LogP contribution in [0.3, 0.4) is 0 Å². The van der Waals surface area contributed by atoms with Gasteiger partial charge in [-0.05, 0) is 43.7 Å². The first-order valence-corrected chi connectivity index (χ1v) is 8.19. The van der Waals surface area contributed by atoms with E-state index in [4.69, 9.17) is 5.11 Å². The Labute approximate surface area is 139 Å². The van der Waals surface area contributed by atoms with Gasteiger partial charge in [-0.1, -0.05) is 23.9 Å². The topological polar surface area (TPSA) is 70.5 Å². The maximum Gasteiger partial charge on any atom is 0.338 e. The quantitative estimate of drug-likeness (QED) is 0.823. The Morgan fingerprint density at radius 3 is 2.70 bits per heavy atom. The van der Waals surface area contributed by atoms with Crippen molar-refractivity contribution in [3.8, 4) is 0 Å². The van der Waals surface area contributed by atoms with E-state index in [-0.39, 0.29) is 17.2 Å². The van der Waals surface area contributed by atoms with Gasteiger partial charge in [-0.15, -0.1) is 0 Å². The van der Waals surface area contributed by atoms with E-state index in [1.54, 1.807) is 11.0 Å². The second kappa shape index (κ2) is 7.78. The summed E-state index contributed by atoms with van der Waals surface area (Å²) >= 11 is 1.14. The maximum absolute atomic E-state index is 12.5. The van der Waals surface area contributed by atoms with Crippen LogP contribution in [-0.4, -0.2) is 34.3 Å². The summed E-state index contributed by atoms with van der Waals surface area (Å²) in [6.45, 7) is 4.44. The van der Waals surface area contributed by atoms with Crippen molar-refractivity contribution in [3.63, 3.8) is 0 Å². The van der Waals surface area contributed by atoms with E-state index in [0.29, 0.717) is 11.6 Å². The molecule has 6 heteroatoms. The van der Waals surface area contributed by atoms with Gasteiger partial charge in [0.25, 0.3) is 0 Å². The Balaban J connectivity index is 2.11. The highest BCUT2D eigenvalue weighted by Crippen LogP contribution is 2.22. The van der Waals surface area contributed by atoms with Gasteiger partial charge in [0.05, 0.1) is 11.3 Å². The number of carboxylic acid groups (broad SMARTS) is 1. The number of carbonyl (C=O) groups is 2. The molecule has 0 atom stereocenters. The van der Waals surface area contributed by atoms with Crippen LogP contribution in [0.2, 0.25) is 0 Å². The fourth-order valence-electron chi connectivity index (χ4n) is 2.18. The molecule has 0 aliphatic heterocycles. The van der Waals surface area contributed by atoms with Gasteiger partial charge in [-0.25, -0.2) is 9.78 Å². The van der Waals surface area contributed by atoms with E-state index >= 15 is 0 Å². The molecule has 1 aromatic carbocycles. The smallest absolute Gasteiger partial charge is 0.338 e. The fourth-order valence-corrected chi connectivity index (χ4v) is 3.04. The summed E-state index contributed by atoms with van der Waals surface area (Å²) in [5.74, 6) is -0.983. The summed E-state index contributed by atoms with van der Waals surface area (Å²) in [4.78, 5) is 29.4. The fraction of sp³-hybridized carbons (Fsp3) is 0.235. The number of aryl methyl sites for hydroxylation is 1. The molecule has 0 radical (unpaired) electrons. The molecule has 1 aromatic heterocycles. The summed E-state index contributed by atoms with van der Waals surface area (Å²) in [6.07, 6.45) is 1.53. The number of aromatic carboxylic acids is 1. The summed E-state index contributed by atoms with van der Waals surface area (Å²) in [5, 5.41) is 9.50. The van der Waals surface area contributed by atoms with Crippen LogP contribution in [0.1, 0.15) is 22.8 Å². The number of anilines is 1. The van der Waals surface area contributed by atoms with Gasteiger partial charge in [0, 0.05) is 18.4 Å². The van der Waals surface area contributed by atoms with Crippen LogP contribution < -0.4 is 4.90 Å². The highest BCUT2D eigenvalue weighted by molar-refractivity contribution is 8.00. The molecule has 0 unspecified atom stereocenters. The first-order chi connectivity index (χ1) is 11.0. The standard InChI is InChI=1S/C17H18N2O3S/c1-3-19(13-7-4-6-12(2)10-13)15(20)11-23-16-14(17(21)22)8-5-9-18-16/h4-10H,3,11H2,1-2H3,(H,21,22). The van der Waals surface area contributed by atoms with E-state index in [1.165, 1.54) is 12.3 Å². The van der Waals surface area contributed by atoms with Crippen molar-refractivity contribution in [1.29, 1.82) is 0 Å². The molecule has 0 spiro atoms. The Morgan fingerprint density at radius 2 is 2.04 bits per heavy atom. The minimum absolute atomic E-state index is 0.0786. The van der Waals surface area contributed by atoms with E-state index in [0.717, 1.165) is 23.0 Å². The average Bonchev–Trinajstić information content (AvgIpc) is 2.54. The molecule has 0 fully saturated rings. The third-order valence-electron chi connectivity index (χ3n) is 3.26. The lowest BCUT2D eigenvalue weighted by molar-refractivity contribution is -0.116. The number of thioether (sulfide) groups is 1. The molecule has 2 aromatic rings. The summed E-state index contributed by atoms with van der Waals surface area (Å²) in [7, 11) is 0. The molecule has 5 nitrogen and oxygen atoms in total. The Hall–Kier alpha value is -2.34. The van der Waals surface area contributed by atoms with Crippen molar-refractivity contribution in [2.24, 2.45) is 0 Å². The van der Waals surface area contributed by atoms with E-state index in [1.807, 2.05) is 38.1 Å². The molecular weight excluding hydrogens is 312 g/mol.